The van der Waals surface area contributed by atoms with Crippen LogP contribution in [0, 0.1) is 0 Å². The SMILES string of the molecule is COc1ccc2c(c1)N1C(=CC2C)CSC1=NC(=O)NOCc1ccc(-c2ncn(-c3ccc(OC(F)(F)F)cc3)n2)cc1. The van der Waals surface area contributed by atoms with Gasteiger partial charge in [0.25, 0.3) is 0 Å². The Morgan fingerprint density at radius 1 is 1.09 bits per heavy atom. The number of hydrogen-bond donors (Lipinski definition) is 1. The van der Waals surface area contributed by atoms with Gasteiger partial charge in [0.1, 0.15) is 17.8 Å². The molecule has 0 bridgehead atoms. The molecular formula is C30H25F3N6O4S. The van der Waals surface area contributed by atoms with E-state index < -0.39 is 12.4 Å². The van der Waals surface area contributed by atoms with Crippen LogP contribution in [0.15, 0.2) is 89.8 Å². The molecule has 226 valence electrons. The number of nitrogens with zero attached hydrogens (tertiary/aromatic N) is 5. The third kappa shape index (κ3) is 6.40. The minimum absolute atomic E-state index is 0.102. The summed E-state index contributed by atoms with van der Waals surface area (Å²) >= 11 is 1.48. The van der Waals surface area contributed by atoms with Crippen LogP contribution >= 0.6 is 11.8 Å². The molecular weight excluding hydrogens is 597 g/mol. The van der Waals surface area contributed by atoms with Gasteiger partial charge < -0.3 is 9.47 Å². The number of hydroxylamine groups is 1. The molecule has 4 aromatic rings. The van der Waals surface area contributed by atoms with Crippen LogP contribution in [0.25, 0.3) is 17.1 Å². The number of rotatable bonds is 7. The van der Waals surface area contributed by atoms with Crippen LogP contribution in [0.5, 0.6) is 11.5 Å². The number of amides is 2. The van der Waals surface area contributed by atoms with E-state index in [9.17, 15) is 18.0 Å². The number of carbonyl (C=O) groups is 1. The molecule has 2 aliphatic rings. The first-order chi connectivity index (χ1) is 21.2. The van der Waals surface area contributed by atoms with Crippen LogP contribution in [0.3, 0.4) is 0 Å². The Morgan fingerprint density at radius 3 is 2.57 bits per heavy atom. The lowest BCUT2D eigenvalue weighted by atomic mass is 9.94. The van der Waals surface area contributed by atoms with Crippen molar-refractivity contribution in [2.24, 2.45) is 4.99 Å². The van der Waals surface area contributed by atoms with Crippen molar-refractivity contribution in [1.82, 2.24) is 20.2 Å². The number of hydrogen-bond acceptors (Lipinski definition) is 7. The number of halogens is 3. The Kier molecular flexibility index (Phi) is 8.01. The molecule has 3 aromatic carbocycles. The summed E-state index contributed by atoms with van der Waals surface area (Å²) in [6.45, 7) is 2.24. The highest BCUT2D eigenvalue weighted by atomic mass is 32.2. The van der Waals surface area contributed by atoms with Gasteiger partial charge in [0, 0.05) is 29.0 Å². The fourth-order valence-electron chi connectivity index (χ4n) is 4.82. The maximum absolute atomic E-state index is 12.6. The van der Waals surface area contributed by atoms with Crippen molar-refractivity contribution < 1.29 is 32.3 Å². The summed E-state index contributed by atoms with van der Waals surface area (Å²) in [6, 6.07) is 17.8. The van der Waals surface area contributed by atoms with E-state index in [2.05, 4.69) is 38.3 Å². The number of nitrogens with one attached hydrogen (secondary N) is 1. The predicted octanol–water partition coefficient (Wildman–Crippen LogP) is 6.59. The molecule has 1 aromatic heterocycles. The highest BCUT2D eigenvalue weighted by Gasteiger charge is 2.34. The number of methoxy groups -OCH3 is 1. The first-order valence-corrected chi connectivity index (χ1v) is 14.3. The molecule has 2 aliphatic heterocycles. The zero-order valence-corrected chi connectivity index (χ0v) is 24.2. The van der Waals surface area contributed by atoms with Gasteiger partial charge in [0.05, 0.1) is 25.1 Å². The van der Waals surface area contributed by atoms with Gasteiger partial charge >= 0.3 is 12.4 Å². The van der Waals surface area contributed by atoms with Gasteiger partial charge in [-0.3, -0.25) is 9.74 Å². The standard InChI is InChI=1S/C30H25F3N6O4S/c1-18-13-22-16-44-29(39(22)26-14-24(41-2)11-12-25(18)26)35-28(40)37-42-15-19-3-5-20(6-4-19)27-34-17-38(36-27)21-7-9-23(10-8-21)43-30(31,32)33/h3-14,17-18H,15-16H2,1-2H3,(H,37,40). The molecule has 1 saturated heterocycles. The number of anilines is 1. The summed E-state index contributed by atoms with van der Waals surface area (Å²) in [5.41, 5.74) is 7.55. The lowest BCUT2D eigenvalue weighted by Gasteiger charge is -2.30. The second-order valence-corrected chi connectivity index (χ2v) is 10.8. The van der Waals surface area contributed by atoms with Gasteiger partial charge in [-0.1, -0.05) is 55.1 Å². The van der Waals surface area contributed by atoms with Crippen LogP contribution in [0.1, 0.15) is 24.0 Å². The summed E-state index contributed by atoms with van der Waals surface area (Å²) < 4.78 is 47.9. The second kappa shape index (κ2) is 12.1. The highest BCUT2D eigenvalue weighted by Crippen LogP contribution is 2.44. The highest BCUT2D eigenvalue weighted by molar-refractivity contribution is 8.14. The van der Waals surface area contributed by atoms with E-state index in [1.165, 1.54) is 47.0 Å². The molecule has 0 saturated carbocycles. The quantitative estimate of drug-likeness (QED) is 0.230. The number of amidine groups is 1. The number of allylic oxidation sites excluding steroid dienone is 1. The van der Waals surface area contributed by atoms with Crippen LogP contribution in [-0.2, 0) is 11.4 Å². The first kappa shape index (κ1) is 29.3. The molecule has 2 amide bonds. The zero-order chi connectivity index (χ0) is 30.8. The minimum Gasteiger partial charge on any atom is -0.497 e. The number of aromatic nitrogens is 3. The van der Waals surface area contributed by atoms with E-state index in [1.54, 1.807) is 31.4 Å². The number of urea groups is 1. The van der Waals surface area contributed by atoms with Gasteiger partial charge in [-0.15, -0.1) is 18.3 Å². The molecule has 0 spiro atoms. The van der Waals surface area contributed by atoms with E-state index in [1.807, 2.05) is 23.1 Å². The molecule has 1 N–H and O–H groups in total. The molecule has 0 aliphatic carbocycles. The Hall–Kier alpha value is -4.82. The molecule has 0 radical (unpaired) electrons. The molecule has 3 heterocycles. The topological polar surface area (TPSA) is 103 Å². The number of ether oxygens (including phenoxy) is 2. The second-order valence-electron chi connectivity index (χ2n) is 9.84. The molecule has 44 heavy (non-hydrogen) atoms. The van der Waals surface area contributed by atoms with Crippen LogP contribution in [-0.4, -0.2) is 45.2 Å². The molecule has 1 fully saturated rings. The predicted molar refractivity (Wildman–Crippen MR) is 159 cm³/mol. The number of aliphatic imine (C=N–C) groups is 1. The lowest BCUT2D eigenvalue weighted by molar-refractivity contribution is -0.274. The summed E-state index contributed by atoms with van der Waals surface area (Å²) in [5.74, 6) is 1.77. The van der Waals surface area contributed by atoms with E-state index in [4.69, 9.17) is 9.57 Å². The Morgan fingerprint density at radius 2 is 1.84 bits per heavy atom. The van der Waals surface area contributed by atoms with Crippen molar-refractivity contribution in [1.29, 1.82) is 0 Å². The van der Waals surface area contributed by atoms with Crippen molar-refractivity contribution in [2.45, 2.75) is 25.8 Å². The summed E-state index contributed by atoms with van der Waals surface area (Å²) in [7, 11) is 1.62. The average Bonchev–Trinajstić information content (AvgIpc) is 3.65. The first-order valence-electron chi connectivity index (χ1n) is 13.4. The lowest BCUT2D eigenvalue weighted by Crippen LogP contribution is -2.29. The van der Waals surface area contributed by atoms with Crippen LogP contribution in [0.4, 0.5) is 23.7 Å². The van der Waals surface area contributed by atoms with E-state index in [0.29, 0.717) is 22.4 Å². The molecule has 10 nitrogen and oxygen atoms in total. The smallest absolute Gasteiger partial charge is 0.497 e. The molecule has 14 heteroatoms. The minimum atomic E-state index is -4.76. The maximum Gasteiger partial charge on any atom is 0.573 e. The number of carbonyl (C=O) groups excluding carboxylic acids is 1. The van der Waals surface area contributed by atoms with Crippen molar-refractivity contribution >= 4 is 28.6 Å². The van der Waals surface area contributed by atoms with Crippen molar-refractivity contribution in [2.75, 3.05) is 17.8 Å². The fourth-order valence-corrected chi connectivity index (χ4v) is 5.82. The number of fused-ring (bicyclic) bond motifs is 3. The number of thioether (sulfide) groups is 1. The summed E-state index contributed by atoms with van der Waals surface area (Å²) in [5, 5.41) is 4.95. The van der Waals surface area contributed by atoms with Gasteiger partial charge in [-0.2, -0.15) is 4.99 Å². The van der Waals surface area contributed by atoms with Crippen LogP contribution < -0.4 is 19.9 Å². The van der Waals surface area contributed by atoms with E-state index >= 15 is 0 Å². The van der Waals surface area contributed by atoms with Gasteiger partial charge in [0.2, 0.25) is 0 Å². The summed E-state index contributed by atoms with van der Waals surface area (Å²) in [6.07, 6.45) is -1.12. The van der Waals surface area contributed by atoms with E-state index in [0.717, 1.165) is 33.8 Å². The van der Waals surface area contributed by atoms with E-state index in [-0.39, 0.29) is 18.3 Å². The Labute approximate surface area is 254 Å². The van der Waals surface area contributed by atoms with Gasteiger partial charge in [-0.25, -0.2) is 19.9 Å². The number of alkyl halides is 3. The van der Waals surface area contributed by atoms with Gasteiger partial charge in [-0.05, 0) is 41.5 Å². The average molecular weight is 623 g/mol. The number of benzene rings is 3. The largest absolute Gasteiger partial charge is 0.573 e. The Balaban J connectivity index is 1.05. The normalized spacial score (nSPS) is 16.8. The zero-order valence-electron chi connectivity index (χ0n) is 23.4. The van der Waals surface area contributed by atoms with Crippen LogP contribution in [0.2, 0.25) is 0 Å². The third-order valence-electron chi connectivity index (χ3n) is 6.87. The van der Waals surface area contributed by atoms with Crippen molar-refractivity contribution in [3.05, 3.63) is 96.0 Å². The van der Waals surface area contributed by atoms with Crippen molar-refractivity contribution in [3.8, 4) is 28.6 Å². The Bertz CT molecular complexity index is 1740. The fraction of sp³-hybridized carbons (Fsp3) is 0.200. The van der Waals surface area contributed by atoms with Gasteiger partial charge in [0.15, 0.2) is 11.0 Å². The summed E-state index contributed by atoms with van der Waals surface area (Å²) in [4.78, 5) is 28.5. The molecule has 6 rings (SSSR count). The third-order valence-corrected chi connectivity index (χ3v) is 7.85. The maximum atomic E-state index is 12.6. The monoisotopic (exact) mass is 622 g/mol. The molecule has 1 unspecified atom stereocenters. The van der Waals surface area contributed by atoms with Crippen molar-refractivity contribution in [3.63, 3.8) is 0 Å². The molecule has 1 atom stereocenters.